The Labute approximate surface area is 174 Å². The Kier molecular flexibility index (Phi) is 6.52. The number of anilines is 1. The minimum atomic E-state index is 0.218. The maximum absolute atomic E-state index is 8.96. The van der Waals surface area contributed by atoms with Gasteiger partial charge in [-0.05, 0) is 31.9 Å². The fourth-order valence-electron chi connectivity index (χ4n) is 2.93. The number of aromatic nitrogens is 3. The summed E-state index contributed by atoms with van der Waals surface area (Å²) in [4.78, 5) is 4.59. The maximum Gasteiger partial charge on any atom is 0.151 e. The van der Waals surface area contributed by atoms with E-state index in [2.05, 4.69) is 32.4 Å². The van der Waals surface area contributed by atoms with E-state index in [1.54, 1.807) is 17.5 Å². The van der Waals surface area contributed by atoms with E-state index < -0.39 is 0 Å². The van der Waals surface area contributed by atoms with Crippen molar-refractivity contribution in [3.05, 3.63) is 53.0 Å². The zero-order chi connectivity index (χ0) is 20.8. The molecule has 0 amide bonds. The predicted octanol–water partition coefficient (Wildman–Crippen LogP) is 4.47. The van der Waals surface area contributed by atoms with E-state index >= 15 is 0 Å². The van der Waals surface area contributed by atoms with Crippen molar-refractivity contribution in [2.24, 2.45) is 0 Å². The number of pyridine rings is 1. The summed E-state index contributed by atoms with van der Waals surface area (Å²) in [5, 5.41) is 33.3. The molecular weight excluding hydrogens is 382 g/mol. The largest absolute Gasteiger partial charge is 0.387 e. The molecule has 1 saturated carbocycles. The van der Waals surface area contributed by atoms with Crippen LogP contribution in [0.25, 0.3) is 16.3 Å². The van der Waals surface area contributed by atoms with E-state index in [0.29, 0.717) is 11.6 Å². The van der Waals surface area contributed by atoms with Crippen molar-refractivity contribution in [2.45, 2.75) is 32.1 Å². The highest BCUT2D eigenvalue weighted by atomic mass is 32.1. The minimum absolute atomic E-state index is 0.218. The van der Waals surface area contributed by atoms with Crippen LogP contribution in [0.4, 0.5) is 5.69 Å². The lowest BCUT2D eigenvalue weighted by Crippen LogP contribution is -2.11. The molecule has 1 aliphatic rings. The smallest absolute Gasteiger partial charge is 0.151 e. The molecule has 0 spiro atoms. The first-order valence-electron chi connectivity index (χ1n) is 9.36. The molecule has 3 rings (SSSR count). The van der Waals surface area contributed by atoms with E-state index in [1.165, 1.54) is 25.3 Å². The number of hydrogen-bond donors (Lipinski definition) is 3. The SMILES string of the molecule is C=C(/C=C(/C#N)C=N)N/C(=C\C)c1cc(NC)c(-c2nnc(C3CCC3)s2)cn1. The van der Waals surface area contributed by atoms with Crippen LogP contribution in [0.1, 0.15) is 42.8 Å². The summed E-state index contributed by atoms with van der Waals surface area (Å²) in [6.07, 6.45) is 9.87. The number of nitriles is 1. The average Bonchev–Trinajstić information content (AvgIpc) is 3.17. The van der Waals surface area contributed by atoms with E-state index in [0.717, 1.165) is 38.9 Å². The van der Waals surface area contributed by atoms with Crippen molar-refractivity contribution in [3.63, 3.8) is 0 Å². The molecule has 0 atom stereocenters. The van der Waals surface area contributed by atoms with Crippen molar-refractivity contribution in [1.29, 1.82) is 10.7 Å². The van der Waals surface area contributed by atoms with Crippen LogP contribution in [0.5, 0.6) is 0 Å². The van der Waals surface area contributed by atoms with Gasteiger partial charge >= 0.3 is 0 Å². The summed E-state index contributed by atoms with van der Waals surface area (Å²) >= 11 is 1.64. The van der Waals surface area contributed by atoms with E-state index in [4.69, 9.17) is 10.7 Å². The monoisotopic (exact) mass is 405 g/mol. The summed E-state index contributed by atoms with van der Waals surface area (Å²) in [6, 6.07) is 3.88. The second-order valence-corrected chi connectivity index (χ2v) is 7.66. The average molecular weight is 406 g/mol. The zero-order valence-corrected chi connectivity index (χ0v) is 17.3. The molecule has 2 heterocycles. The van der Waals surface area contributed by atoms with Gasteiger partial charge in [-0.2, -0.15) is 5.26 Å². The summed E-state index contributed by atoms with van der Waals surface area (Å²) in [5.41, 5.74) is 4.03. The number of nitrogens with zero attached hydrogens (tertiary/aromatic N) is 4. The van der Waals surface area contributed by atoms with Gasteiger partial charge in [-0.3, -0.25) is 4.98 Å². The van der Waals surface area contributed by atoms with Crippen molar-refractivity contribution >= 4 is 28.9 Å². The third-order valence-corrected chi connectivity index (χ3v) is 5.89. The van der Waals surface area contributed by atoms with Crippen LogP contribution in [0, 0.1) is 16.7 Å². The number of nitrogens with one attached hydrogen (secondary N) is 3. The Balaban J connectivity index is 1.84. The van der Waals surface area contributed by atoms with Crippen molar-refractivity contribution < 1.29 is 0 Å². The summed E-state index contributed by atoms with van der Waals surface area (Å²) < 4.78 is 0. The first-order valence-corrected chi connectivity index (χ1v) is 10.2. The highest BCUT2D eigenvalue weighted by molar-refractivity contribution is 7.14. The molecular formula is C21H23N7S. The van der Waals surface area contributed by atoms with E-state index in [1.807, 2.05) is 32.2 Å². The van der Waals surface area contributed by atoms with Crippen molar-refractivity contribution in [2.75, 3.05) is 12.4 Å². The van der Waals surface area contributed by atoms with Crippen LogP contribution in [0.15, 0.2) is 42.3 Å². The lowest BCUT2D eigenvalue weighted by Gasteiger charge is -2.21. The minimum Gasteiger partial charge on any atom is -0.387 e. The molecule has 148 valence electrons. The Morgan fingerprint density at radius 3 is 2.79 bits per heavy atom. The van der Waals surface area contributed by atoms with Crippen LogP contribution >= 0.6 is 11.3 Å². The lowest BCUT2D eigenvalue weighted by atomic mass is 9.86. The van der Waals surface area contributed by atoms with Gasteiger partial charge in [0.25, 0.3) is 0 Å². The normalized spacial score (nSPS) is 14.7. The van der Waals surface area contributed by atoms with Gasteiger partial charge in [0.2, 0.25) is 0 Å². The molecule has 29 heavy (non-hydrogen) atoms. The first kappa shape index (κ1) is 20.4. The molecule has 8 heteroatoms. The molecule has 1 fully saturated rings. The third-order valence-electron chi connectivity index (χ3n) is 4.77. The topological polar surface area (TPSA) is 110 Å². The maximum atomic E-state index is 8.96. The summed E-state index contributed by atoms with van der Waals surface area (Å²) in [7, 11) is 1.87. The highest BCUT2D eigenvalue weighted by Gasteiger charge is 2.24. The van der Waals surface area contributed by atoms with Crippen LogP contribution in [-0.4, -0.2) is 28.4 Å². The van der Waals surface area contributed by atoms with Crippen LogP contribution in [0.2, 0.25) is 0 Å². The van der Waals surface area contributed by atoms with E-state index in [-0.39, 0.29) is 5.57 Å². The summed E-state index contributed by atoms with van der Waals surface area (Å²) in [5.74, 6) is 0.559. The van der Waals surface area contributed by atoms with Gasteiger partial charge < -0.3 is 16.0 Å². The van der Waals surface area contributed by atoms with Gasteiger partial charge in [-0.15, -0.1) is 10.2 Å². The van der Waals surface area contributed by atoms with Crippen LogP contribution < -0.4 is 10.6 Å². The molecule has 0 aromatic carbocycles. The molecule has 0 aliphatic heterocycles. The Hall–Kier alpha value is -3.31. The lowest BCUT2D eigenvalue weighted by molar-refractivity contribution is 0.416. The molecule has 3 N–H and O–H groups in total. The fraction of sp³-hybridized carbons (Fsp3) is 0.286. The molecule has 1 aliphatic carbocycles. The zero-order valence-electron chi connectivity index (χ0n) is 16.5. The Morgan fingerprint density at radius 1 is 1.41 bits per heavy atom. The number of rotatable bonds is 8. The van der Waals surface area contributed by atoms with Gasteiger partial charge in [0, 0.05) is 36.8 Å². The van der Waals surface area contributed by atoms with Crippen LogP contribution in [-0.2, 0) is 0 Å². The molecule has 7 nitrogen and oxygen atoms in total. The third kappa shape index (κ3) is 4.58. The molecule has 0 saturated heterocycles. The second kappa shape index (κ2) is 9.26. The predicted molar refractivity (Wildman–Crippen MR) is 118 cm³/mol. The van der Waals surface area contributed by atoms with Crippen molar-refractivity contribution in [3.8, 4) is 16.6 Å². The van der Waals surface area contributed by atoms with Gasteiger partial charge in [0.05, 0.1) is 22.5 Å². The van der Waals surface area contributed by atoms with Gasteiger partial charge in [0.1, 0.15) is 11.1 Å². The summed E-state index contributed by atoms with van der Waals surface area (Å²) in [6.45, 7) is 5.80. The van der Waals surface area contributed by atoms with E-state index in [9.17, 15) is 0 Å². The number of allylic oxidation sites excluding steroid dienone is 3. The second-order valence-electron chi connectivity index (χ2n) is 6.65. The van der Waals surface area contributed by atoms with Gasteiger partial charge in [0.15, 0.2) is 5.01 Å². The Bertz CT molecular complexity index is 1020. The standard InChI is InChI=1S/C21H23N7S/c1-4-17(26-13(2)8-14(10-22)11-23)19-9-18(24-3)16(12-25-19)21-28-27-20(29-21)15-6-5-7-15/h4,8-10,12,15,22,26H,2,5-7H2,1,3H3,(H,24,25)/b14-8+,17-4-,22-10?. The fourth-order valence-corrected chi connectivity index (χ4v) is 3.97. The first-order chi connectivity index (χ1) is 14.1. The van der Waals surface area contributed by atoms with Gasteiger partial charge in [-0.1, -0.05) is 30.4 Å². The van der Waals surface area contributed by atoms with Crippen LogP contribution in [0.3, 0.4) is 0 Å². The van der Waals surface area contributed by atoms with Crippen molar-refractivity contribution in [1.82, 2.24) is 20.5 Å². The Morgan fingerprint density at radius 2 is 2.21 bits per heavy atom. The number of hydrogen-bond acceptors (Lipinski definition) is 8. The molecule has 2 aromatic rings. The molecule has 0 unspecified atom stereocenters. The molecule has 0 bridgehead atoms. The van der Waals surface area contributed by atoms with Gasteiger partial charge in [-0.25, -0.2) is 0 Å². The molecule has 0 radical (unpaired) electrons. The highest BCUT2D eigenvalue weighted by Crippen LogP contribution is 2.40. The quantitative estimate of drug-likeness (QED) is 0.339. The molecule has 2 aromatic heterocycles.